The molecule has 1 rings (SSSR count). The summed E-state index contributed by atoms with van der Waals surface area (Å²) in [6, 6.07) is 0.159. The molecule has 0 amide bonds. The van der Waals surface area contributed by atoms with Crippen molar-refractivity contribution in [3.8, 4) is 0 Å². The van der Waals surface area contributed by atoms with Crippen LogP contribution in [0.15, 0.2) is 5.16 Å². The Hall–Kier alpha value is -1.28. The molecule has 21 heavy (non-hydrogen) atoms. The molecule has 3 N–H and O–H groups in total. The van der Waals surface area contributed by atoms with Crippen molar-refractivity contribution in [1.29, 1.82) is 0 Å². The first-order valence-electron chi connectivity index (χ1n) is 7.26. The number of carboxylic acids is 1. The number of anilines is 1. The van der Waals surface area contributed by atoms with E-state index in [9.17, 15) is 4.79 Å². The van der Waals surface area contributed by atoms with Crippen LogP contribution in [-0.2, 0) is 4.79 Å². The van der Waals surface area contributed by atoms with Gasteiger partial charge in [-0.2, -0.15) is 0 Å². The lowest BCUT2D eigenvalue weighted by atomic mass is 10.1. The van der Waals surface area contributed by atoms with Crippen LogP contribution in [0.25, 0.3) is 0 Å². The van der Waals surface area contributed by atoms with Gasteiger partial charge in [0.1, 0.15) is 0 Å². The molecule has 0 aliphatic rings. The molecule has 1 aromatic heterocycles. The number of hydrogen-bond acceptors (Lipinski definition) is 6. The van der Waals surface area contributed by atoms with Crippen LogP contribution >= 0.6 is 11.8 Å². The van der Waals surface area contributed by atoms with Gasteiger partial charge in [0.25, 0.3) is 0 Å². The Balaban J connectivity index is 2.58. The largest absolute Gasteiger partial charge is 0.481 e. The maximum absolute atomic E-state index is 10.7. The zero-order chi connectivity index (χ0) is 15.8. The molecule has 8 heteroatoms. The van der Waals surface area contributed by atoms with E-state index in [-0.39, 0.29) is 11.8 Å². The molecule has 1 unspecified atom stereocenters. The van der Waals surface area contributed by atoms with Gasteiger partial charge in [-0.25, -0.2) is 0 Å². The van der Waals surface area contributed by atoms with Gasteiger partial charge < -0.3 is 15.7 Å². The van der Waals surface area contributed by atoms with E-state index in [2.05, 4.69) is 35.9 Å². The first kappa shape index (κ1) is 17.8. The van der Waals surface area contributed by atoms with Crippen molar-refractivity contribution in [2.75, 3.05) is 31.1 Å². The lowest BCUT2D eigenvalue weighted by Crippen LogP contribution is -2.24. The highest BCUT2D eigenvalue weighted by Gasteiger charge is 2.17. The van der Waals surface area contributed by atoms with Crippen LogP contribution in [-0.4, -0.2) is 56.1 Å². The normalized spacial score (nSPS) is 12.8. The SMILES string of the molecule is CCN(CC)CCCC(C)n1c(N)nnc1SCC(=O)O. The zero-order valence-corrected chi connectivity index (χ0v) is 13.8. The van der Waals surface area contributed by atoms with Crippen molar-refractivity contribution in [2.45, 2.75) is 44.8 Å². The Bertz CT molecular complexity index is 448. The highest BCUT2D eigenvalue weighted by molar-refractivity contribution is 7.99. The number of nitrogens with two attached hydrogens (primary N) is 1. The third-order valence-electron chi connectivity index (χ3n) is 3.45. The van der Waals surface area contributed by atoms with Gasteiger partial charge in [-0.1, -0.05) is 25.6 Å². The molecule has 1 aromatic rings. The van der Waals surface area contributed by atoms with E-state index in [1.807, 2.05) is 4.57 Å². The third-order valence-corrected chi connectivity index (χ3v) is 4.37. The fraction of sp³-hybridized carbons (Fsp3) is 0.769. The number of thioether (sulfide) groups is 1. The molecule has 0 aliphatic carbocycles. The number of rotatable bonds is 10. The molecule has 0 radical (unpaired) electrons. The summed E-state index contributed by atoms with van der Waals surface area (Å²) in [7, 11) is 0. The Morgan fingerprint density at radius 1 is 1.43 bits per heavy atom. The van der Waals surface area contributed by atoms with Gasteiger partial charge >= 0.3 is 5.97 Å². The van der Waals surface area contributed by atoms with Crippen LogP contribution < -0.4 is 5.73 Å². The molecule has 0 spiro atoms. The lowest BCUT2D eigenvalue weighted by molar-refractivity contribution is -0.133. The van der Waals surface area contributed by atoms with E-state index >= 15 is 0 Å². The fourth-order valence-electron chi connectivity index (χ4n) is 2.21. The highest BCUT2D eigenvalue weighted by Crippen LogP contribution is 2.25. The summed E-state index contributed by atoms with van der Waals surface area (Å²) in [5.74, 6) is -0.565. The van der Waals surface area contributed by atoms with Gasteiger partial charge in [-0.05, 0) is 39.4 Å². The van der Waals surface area contributed by atoms with Crippen molar-refractivity contribution in [3.05, 3.63) is 0 Å². The average Bonchev–Trinajstić information content (AvgIpc) is 2.82. The van der Waals surface area contributed by atoms with E-state index in [0.29, 0.717) is 11.1 Å². The summed E-state index contributed by atoms with van der Waals surface area (Å²) in [5, 5.41) is 17.1. The molecule has 0 saturated carbocycles. The minimum atomic E-state index is -0.873. The molecule has 0 bridgehead atoms. The second-order valence-electron chi connectivity index (χ2n) is 4.91. The summed E-state index contributed by atoms with van der Waals surface area (Å²) in [6.07, 6.45) is 2.02. The summed E-state index contributed by atoms with van der Waals surface area (Å²) >= 11 is 1.15. The average molecular weight is 315 g/mol. The van der Waals surface area contributed by atoms with Crippen LogP contribution in [0.5, 0.6) is 0 Å². The molecule has 1 heterocycles. The molecule has 120 valence electrons. The molecule has 0 saturated heterocycles. The van der Waals surface area contributed by atoms with E-state index in [4.69, 9.17) is 10.8 Å². The number of aliphatic carboxylic acids is 1. The van der Waals surface area contributed by atoms with Gasteiger partial charge in [0.2, 0.25) is 5.95 Å². The molecular formula is C13H25N5O2S. The number of carbonyl (C=O) groups is 1. The maximum atomic E-state index is 10.7. The van der Waals surface area contributed by atoms with Crippen LogP contribution in [0.2, 0.25) is 0 Å². The van der Waals surface area contributed by atoms with Crippen LogP contribution in [0.1, 0.15) is 39.7 Å². The van der Waals surface area contributed by atoms with Gasteiger partial charge in [0.05, 0.1) is 5.75 Å². The van der Waals surface area contributed by atoms with Crippen LogP contribution in [0.4, 0.5) is 5.95 Å². The second-order valence-corrected chi connectivity index (χ2v) is 5.85. The van der Waals surface area contributed by atoms with Gasteiger partial charge in [0.15, 0.2) is 5.16 Å². The number of nitrogens with zero attached hydrogens (tertiary/aromatic N) is 4. The number of hydrogen-bond donors (Lipinski definition) is 2. The van der Waals surface area contributed by atoms with E-state index in [0.717, 1.165) is 44.2 Å². The van der Waals surface area contributed by atoms with E-state index in [1.54, 1.807) is 0 Å². The highest BCUT2D eigenvalue weighted by atomic mass is 32.2. The molecule has 7 nitrogen and oxygen atoms in total. The molecule has 1 atom stereocenters. The number of aromatic nitrogens is 3. The summed E-state index contributed by atoms with van der Waals surface area (Å²) < 4.78 is 1.83. The third kappa shape index (κ3) is 5.55. The Labute approximate surface area is 129 Å². The monoisotopic (exact) mass is 315 g/mol. The topological polar surface area (TPSA) is 97.3 Å². The van der Waals surface area contributed by atoms with Gasteiger partial charge in [-0.3, -0.25) is 9.36 Å². The number of nitrogen functional groups attached to an aromatic ring is 1. The lowest BCUT2D eigenvalue weighted by Gasteiger charge is -2.20. The van der Waals surface area contributed by atoms with Gasteiger partial charge in [0, 0.05) is 6.04 Å². The van der Waals surface area contributed by atoms with Crippen molar-refractivity contribution in [2.24, 2.45) is 0 Å². The molecule has 0 aliphatic heterocycles. The second kappa shape index (κ2) is 8.89. The quantitative estimate of drug-likeness (QED) is 0.634. The summed E-state index contributed by atoms with van der Waals surface area (Å²) in [5.41, 5.74) is 5.85. The van der Waals surface area contributed by atoms with Crippen LogP contribution in [0, 0.1) is 0 Å². The zero-order valence-electron chi connectivity index (χ0n) is 12.9. The van der Waals surface area contributed by atoms with Gasteiger partial charge in [-0.15, -0.1) is 10.2 Å². The molecule has 0 fully saturated rings. The maximum Gasteiger partial charge on any atom is 0.313 e. The summed E-state index contributed by atoms with van der Waals surface area (Å²) in [6.45, 7) is 9.54. The van der Waals surface area contributed by atoms with Crippen molar-refractivity contribution in [1.82, 2.24) is 19.7 Å². The smallest absolute Gasteiger partial charge is 0.313 e. The predicted molar refractivity (Wildman–Crippen MR) is 84.5 cm³/mol. The fourth-order valence-corrected chi connectivity index (χ4v) is 2.97. The molecular weight excluding hydrogens is 290 g/mol. The van der Waals surface area contributed by atoms with Crippen LogP contribution in [0.3, 0.4) is 0 Å². The van der Waals surface area contributed by atoms with E-state index in [1.165, 1.54) is 0 Å². The predicted octanol–water partition coefficient (Wildman–Crippen LogP) is 1.72. The standard InChI is InChI=1S/C13H25N5O2S/c1-4-17(5-2)8-6-7-10(3)18-12(14)15-16-13(18)21-9-11(19)20/h10H,4-9H2,1-3H3,(H2,14,15)(H,19,20). The molecule has 0 aromatic carbocycles. The van der Waals surface area contributed by atoms with Crippen molar-refractivity contribution >= 4 is 23.7 Å². The summed E-state index contributed by atoms with van der Waals surface area (Å²) in [4.78, 5) is 13.0. The Morgan fingerprint density at radius 2 is 2.10 bits per heavy atom. The first-order chi connectivity index (χ1) is 9.99. The van der Waals surface area contributed by atoms with E-state index < -0.39 is 5.97 Å². The minimum Gasteiger partial charge on any atom is -0.481 e. The van der Waals surface area contributed by atoms with Crippen molar-refractivity contribution < 1.29 is 9.90 Å². The Morgan fingerprint density at radius 3 is 2.67 bits per heavy atom. The van der Waals surface area contributed by atoms with Crippen molar-refractivity contribution in [3.63, 3.8) is 0 Å². The minimum absolute atomic E-state index is 0.0374. The Kier molecular flexibility index (Phi) is 7.52. The number of carboxylic acid groups (broad SMARTS) is 1. The first-order valence-corrected chi connectivity index (χ1v) is 8.25.